The van der Waals surface area contributed by atoms with E-state index in [-0.39, 0.29) is 12.4 Å². The summed E-state index contributed by atoms with van der Waals surface area (Å²) in [6, 6.07) is -0.602. The molecule has 0 spiro atoms. The number of nitrogens with one attached hydrogen (secondary N) is 1. The van der Waals surface area contributed by atoms with Crippen molar-refractivity contribution in [3.63, 3.8) is 0 Å². The standard InChI is InChI=1S/C4H10N2O2/c1-3(8)4(2-7)6-5/h4,6-7H,2,5H2,1H3/t4-/m0/s1. The Hall–Kier alpha value is -0.450. The van der Waals surface area contributed by atoms with Gasteiger partial charge in [0.25, 0.3) is 0 Å². The summed E-state index contributed by atoms with van der Waals surface area (Å²) in [5, 5.41) is 8.33. The predicted molar refractivity (Wildman–Crippen MR) is 28.9 cm³/mol. The number of carbonyl (C=O) groups excluding carboxylic acids is 1. The molecule has 0 saturated carbocycles. The molecular formula is C4H10N2O2. The van der Waals surface area contributed by atoms with Gasteiger partial charge in [-0.3, -0.25) is 10.6 Å². The number of aliphatic hydroxyl groups is 1. The van der Waals surface area contributed by atoms with Crippen LogP contribution in [0.15, 0.2) is 0 Å². The lowest BCUT2D eigenvalue weighted by Crippen LogP contribution is -2.42. The maximum atomic E-state index is 10.3. The van der Waals surface area contributed by atoms with Gasteiger partial charge in [-0.2, -0.15) is 0 Å². The quantitative estimate of drug-likeness (QED) is 0.308. The summed E-state index contributed by atoms with van der Waals surface area (Å²) in [6.07, 6.45) is 0. The Kier molecular flexibility index (Phi) is 3.34. The SMILES string of the molecule is CC(=O)[C@H](CO)NN. The van der Waals surface area contributed by atoms with Crippen molar-refractivity contribution in [2.45, 2.75) is 13.0 Å². The van der Waals surface area contributed by atoms with E-state index in [1.807, 2.05) is 0 Å². The molecule has 0 aliphatic rings. The Bertz CT molecular complexity index is 80.1. The number of carbonyl (C=O) groups is 1. The van der Waals surface area contributed by atoms with E-state index in [2.05, 4.69) is 5.43 Å². The van der Waals surface area contributed by atoms with Crippen LogP contribution in [0, 0.1) is 0 Å². The summed E-state index contributed by atoms with van der Waals surface area (Å²) in [5.41, 5.74) is 2.15. The zero-order chi connectivity index (χ0) is 6.57. The van der Waals surface area contributed by atoms with Crippen molar-refractivity contribution in [3.8, 4) is 0 Å². The largest absolute Gasteiger partial charge is 0.394 e. The van der Waals surface area contributed by atoms with E-state index >= 15 is 0 Å². The highest BCUT2D eigenvalue weighted by Crippen LogP contribution is 1.78. The summed E-state index contributed by atoms with van der Waals surface area (Å²) < 4.78 is 0. The van der Waals surface area contributed by atoms with Gasteiger partial charge in [-0.25, -0.2) is 5.43 Å². The number of aliphatic hydroxyl groups excluding tert-OH is 1. The lowest BCUT2D eigenvalue weighted by molar-refractivity contribution is -0.119. The monoisotopic (exact) mass is 118 g/mol. The van der Waals surface area contributed by atoms with Gasteiger partial charge in [0, 0.05) is 0 Å². The molecule has 0 aliphatic carbocycles. The normalized spacial score (nSPS) is 13.4. The molecule has 0 unspecified atom stereocenters. The van der Waals surface area contributed by atoms with E-state index < -0.39 is 6.04 Å². The van der Waals surface area contributed by atoms with Crippen LogP contribution in [-0.2, 0) is 4.79 Å². The van der Waals surface area contributed by atoms with Crippen molar-refractivity contribution < 1.29 is 9.90 Å². The van der Waals surface area contributed by atoms with Gasteiger partial charge >= 0.3 is 0 Å². The molecule has 0 aromatic rings. The Balaban J connectivity index is 3.52. The summed E-state index contributed by atoms with van der Waals surface area (Å²) in [7, 11) is 0. The van der Waals surface area contributed by atoms with E-state index in [4.69, 9.17) is 10.9 Å². The van der Waals surface area contributed by atoms with Gasteiger partial charge in [-0.05, 0) is 6.92 Å². The van der Waals surface area contributed by atoms with Crippen molar-refractivity contribution >= 4 is 5.78 Å². The predicted octanol–water partition coefficient (Wildman–Crippen LogP) is -1.60. The van der Waals surface area contributed by atoms with Gasteiger partial charge in [-0.1, -0.05) is 0 Å². The van der Waals surface area contributed by atoms with Gasteiger partial charge in [0.15, 0.2) is 0 Å². The van der Waals surface area contributed by atoms with E-state index in [0.29, 0.717) is 0 Å². The van der Waals surface area contributed by atoms with Crippen LogP contribution in [0.4, 0.5) is 0 Å². The lowest BCUT2D eigenvalue weighted by atomic mass is 10.2. The molecule has 0 heterocycles. The molecule has 0 bridgehead atoms. The minimum atomic E-state index is -0.602. The van der Waals surface area contributed by atoms with Crippen LogP contribution in [0.25, 0.3) is 0 Å². The maximum Gasteiger partial charge on any atom is 0.150 e. The third-order valence-electron chi connectivity index (χ3n) is 0.874. The lowest BCUT2D eigenvalue weighted by Gasteiger charge is -2.05. The molecule has 0 aromatic heterocycles. The van der Waals surface area contributed by atoms with Crippen molar-refractivity contribution in [1.29, 1.82) is 0 Å². The van der Waals surface area contributed by atoms with E-state index in [9.17, 15) is 4.79 Å². The molecule has 48 valence electrons. The summed E-state index contributed by atoms with van der Waals surface area (Å²) in [6.45, 7) is 1.12. The molecule has 4 N–H and O–H groups in total. The van der Waals surface area contributed by atoms with Gasteiger partial charge < -0.3 is 5.11 Å². The van der Waals surface area contributed by atoms with Crippen LogP contribution in [0.1, 0.15) is 6.92 Å². The van der Waals surface area contributed by atoms with E-state index in [1.54, 1.807) is 0 Å². The fourth-order valence-corrected chi connectivity index (χ4v) is 0.299. The fraction of sp³-hybridized carbons (Fsp3) is 0.750. The summed E-state index contributed by atoms with van der Waals surface area (Å²) >= 11 is 0. The van der Waals surface area contributed by atoms with Gasteiger partial charge in [0.2, 0.25) is 0 Å². The third-order valence-corrected chi connectivity index (χ3v) is 0.874. The first-order valence-corrected chi connectivity index (χ1v) is 2.29. The summed E-state index contributed by atoms with van der Waals surface area (Å²) in [4.78, 5) is 10.3. The molecule has 0 amide bonds. The maximum absolute atomic E-state index is 10.3. The van der Waals surface area contributed by atoms with Gasteiger partial charge in [0.1, 0.15) is 11.8 Å². The van der Waals surface area contributed by atoms with Crippen molar-refractivity contribution in [3.05, 3.63) is 0 Å². The molecule has 8 heavy (non-hydrogen) atoms. The molecular weight excluding hydrogens is 108 g/mol. The van der Waals surface area contributed by atoms with Crippen molar-refractivity contribution in [1.82, 2.24) is 5.43 Å². The Morgan fingerprint density at radius 3 is 2.50 bits per heavy atom. The number of hydrogen-bond acceptors (Lipinski definition) is 4. The molecule has 0 rings (SSSR count). The number of hydrazine groups is 1. The highest BCUT2D eigenvalue weighted by Gasteiger charge is 2.07. The highest BCUT2D eigenvalue weighted by molar-refractivity contribution is 5.81. The topological polar surface area (TPSA) is 75.3 Å². The molecule has 0 fully saturated rings. The first-order chi connectivity index (χ1) is 3.72. The zero-order valence-electron chi connectivity index (χ0n) is 4.72. The van der Waals surface area contributed by atoms with Gasteiger partial charge in [-0.15, -0.1) is 0 Å². The van der Waals surface area contributed by atoms with Crippen LogP contribution in [0.3, 0.4) is 0 Å². The van der Waals surface area contributed by atoms with Crippen LogP contribution in [0.2, 0.25) is 0 Å². The van der Waals surface area contributed by atoms with Crippen LogP contribution < -0.4 is 11.3 Å². The Morgan fingerprint density at radius 1 is 2.00 bits per heavy atom. The average molecular weight is 118 g/mol. The Labute approximate surface area is 47.6 Å². The molecule has 0 radical (unpaired) electrons. The second-order valence-corrected chi connectivity index (χ2v) is 1.51. The van der Waals surface area contributed by atoms with Crippen LogP contribution in [0.5, 0.6) is 0 Å². The minimum Gasteiger partial charge on any atom is -0.394 e. The molecule has 0 aromatic carbocycles. The molecule has 1 atom stereocenters. The number of nitrogens with two attached hydrogens (primary N) is 1. The fourth-order valence-electron chi connectivity index (χ4n) is 0.299. The molecule has 4 heteroatoms. The third kappa shape index (κ3) is 2.02. The molecule has 0 aliphatic heterocycles. The Morgan fingerprint density at radius 2 is 2.50 bits per heavy atom. The summed E-state index contributed by atoms with van der Waals surface area (Å²) in [5.74, 6) is 4.70. The molecule has 0 saturated heterocycles. The average Bonchev–Trinajstić information content (AvgIpc) is 1.69. The highest BCUT2D eigenvalue weighted by atomic mass is 16.3. The van der Waals surface area contributed by atoms with E-state index in [0.717, 1.165) is 0 Å². The number of ketones is 1. The first-order valence-electron chi connectivity index (χ1n) is 2.29. The first kappa shape index (κ1) is 7.55. The number of rotatable bonds is 3. The minimum absolute atomic E-state index is 0.157. The number of Topliss-reactive ketones (excluding diaryl/α,β-unsaturated/α-hetero) is 1. The van der Waals surface area contributed by atoms with Gasteiger partial charge in [0.05, 0.1) is 6.61 Å². The van der Waals surface area contributed by atoms with Crippen LogP contribution >= 0.6 is 0 Å². The van der Waals surface area contributed by atoms with Crippen molar-refractivity contribution in [2.75, 3.05) is 6.61 Å². The number of hydrogen-bond donors (Lipinski definition) is 3. The van der Waals surface area contributed by atoms with E-state index in [1.165, 1.54) is 6.92 Å². The van der Waals surface area contributed by atoms with Crippen LogP contribution in [-0.4, -0.2) is 23.5 Å². The second kappa shape index (κ2) is 3.54. The zero-order valence-corrected chi connectivity index (χ0v) is 4.72. The molecule has 4 nitrogen and oxygen atoms in total. The smallest absolute Gasteiger partial charge is 0.150 e. The van der Waals surface area contributed by atoms with Crippen molar-refractivity contribution in [2.24, 2.45) is 5.84 Å². The second-order valence-electron chi connectivity index (χ2n) is 1.51.